The van der Waals surface area contributed by atoms with Crippen LogP contribution in [0.4, 0.5) is 0 Å². The molecule has 0 unspecified atom stereocenters. The van der Waals surface area contributed by atoms with Gasteiger partial charge in [0.2, 0.25) is 12.7 Å². The van der Waals surface area contributed by atoms with Gasteiger partial charge in [0.15, 0.2) is 11.5 Å². The molecule has 0 spiro atoms. The number of carbonyl (C=O) groups is 1. The monoisotopic (exact) mass is 356 g/mol. The summed E-state index contributed by atoms with van der Waals surface area (Å²) in [7, 11) is 0. The predicted octanol–water partition coefficient (Wildman–Crippen LogP) is -0.0533. The van der Waals surface area contributed by atoms with Crippen LogP contribution in [0, 0.1) is 11.3 Å². The van der Waals surface area contributed by atoms with Crippen molar-refractivity contribution in [2.75, 3.05) is 6.79 Å². The molecule has 0 radical (unpaired) electrons. The predicted molar refractivity (Wildman–Crippen MR) is 89.8 cm³/mol. The van der Waals surface area contributed by atoms with E-state index in [4.69, 9.17) is 14.7 Å². The number of nitrogens with one attached hydrogen (secondary N) is 1. The fraction of sp³-hybridized carbons (Fsp3) is 0.294. The van der Waals surface area contributed by atoms with Gasteiger partial charge >= 0.3 is 5.69 Å². The van der Waals surface area contributed by atoms with E-state index >= 15 is 0 Å². The molecule has 26 heavy (non-hydrogen) atoms. The summed E-state index contributed by atoms with van der Waals surface area (Å²) in [6, 6.07) is 7.01. The van der Waals surface area contributed by atoms with E-state index in [2.05, 4.69) is 5.32 Å². The molecule has 0 saturated carbocycles. The van der Waals surface area contributed by atoms with Gasteiger partial charge in [-0.05, 0) is 24.6 Å². The molecule has 2 heterocycles. The van der Waals surface area contributed by atoms with Crippen LogP contribution in [0.3, 0.4) is 0 Å². The molecule has 0 bridgehead atoms. The van der Waals surface area contributed by atoms with Crippen molar-refractivity contribution >= 4 is 5.91 Å². The van der Waals surface area contributed by atoms with Crippen molar-refractivity contribution in [3.05, 3.63) is 56.4 Å². The highest BCUT2D eigenvalue weighted by Crippen LogP contribution is 2.32. The minimum Gasteiger partial charge on any atom is -0.454 e. The molecule has 9 nitrogen and oxygen atoms in total. The normalized spacial score (nSPS) is 11.8. The molecule has 0 aliphatic carbocycles. The van der Waals surface area contributed by atoms with Gasteiger partial charge in [-0.25, -0.2) is 9.36 Å². The summed E-state index contributed by atoms with van der Waals surface area (Å²) in [5, 5.41) is 11.7. The number of fused-ring (bicyclic) bond motifs is 1. The van der Waals surface area contributed by atoms with E-state index in [0.29, 0.717) is 11.5 Å². The van der Waals surface area contributed by atoms with Gasteiger partial charge in [0, 0.05) is 19.3 Å². The van der Waals surface area contributed by atoms with Gasteiger partial charge in [-0.1, -0.05) is 6.07 Å². The topological polar surface area (TPSA) is 115 Å². The molecule has 0 atom stereocenters. The summed E-state index contributed by atoms with van der Waals surface area (Å²) in [6.45, 7) is 1.89. The second-order valence-electron chi connectivity index (χ2n) is 5.58. The lowest BCUT2D eigenvalue weighted by atomic mass is 10.2. The average molecular weight is 356 g/mol. The van der Waals surface area contributed by atoms with E-state index < -0.39 is 23.7 Å². The van der Waals surface area contributed by atoms with Crippen LogP contribution in [0.1, 0.15) is 18.1 Å². The van der Waals surface area contributed by atoms with E-state index in [1.807, 2.05) is 0 Å². The van der Waals surface area contributed by atoms with Gasteiger partial charge in [0.05, 0.1) is 0 Å². The summed E-state index contributed by atoms with van der Waals surface area (Å²) in [5.41, 5.74) is -0.808. The van der Waals surface area contributed by atoms with Crippen LogP contribution < -0.4 is 26.0 Å². The maximum Gasteiger partial charge on any atom is 0.331 e. The Kier molecular flexibility index (Phi) is 4.75. The third-order valence-corrected chi connectivity index (χ3v) is 3.93. The first-order valence-corrected chi connectivity index (χ1v) is 7.93. The smallest absolute Gasteiger partial charge is 0.331 e. The Morgan fingerprint density at radius 3 is 2.81 bits per heavy atom. The molecule has 1 aliphatic heterocycles. The Hall–Kier alpha value is -3.54. The largest absolute Gasteiger partial charge is 0.454 e. The van der Waals surface area contributed by atoms with Gasteiger partial charge in [-0.15, -0.1) is 0 Å². The first kappa shape index (κ1) is 17.3. The Labute approximate surface area is 148 Å². The van der Waals surface area contributed by atoms with Gasteiger partial charge in [0.1, 0.15) is 18.2 Å². The molecular formula is C17H16N4O5. The minimum absolute atomic E-state index is 0.160. The second kappa shape index (κ2) is 7.14. The number of aryl methyl sites for hydroxylation is 1. The van der Waals surface area contributed by atoms with Crippen LogP contribution in [0.15, 0.2) is 34.0 Å². The fourth-order valence-corrected chi connectivity index (χ4v) is 2.55. The lowest BCUT2D eigenvalue weighted by molar-refractivity contribution is -0.121. The number of hydrogen-bond acceptors (Lipinski definition) is 6. The lowest BCUT2D eigenvalue weighted by Crippen LogP contribution is -2.44. The quantitative estimate of drug-likeness (QED) is 0.803. The summed E-state index contributed by atoms with van der Waals surface area (Å²) in [5.74, 6) is 0.722. The molecule has 1 aromatic heterocycles. The van der Waals surface area contributed by atoms with E-state index in [-0.39, 0.29) is 25.4 Å². The molecule has 0 fully saturated rings. The molecule has 1 amide bonds. The molecule has 1 aromatic carbocycles. The molecule has 1 aliphatic rings. The van der Waals surface area contributed by atoms with Crippen LogP contribution in [0.2, 0.25) is 0 Å². The molecule has 2 aromatic rings. The fourth-order valence-electron chi connectivity index (χ4n) is 2.55. The van der Waals surface area contributed by atoms with E-state index in [1.165, 1.54) is 10.8 Å². The Morgan fingerprint density at radius 2 is 2.08 bits per heavy atom. The molecule has 9 heteroatoms. The number of hydrogen-bond donors (Lipinski definition) is 1. The van der Waals surface area contributed by atoms with Gasteiger partial charge in [-0.2, -0.15) is 5.26 Å². The molecule has 134 valence electrons. The summed E-state index contributed by atoms with van der Waals surface area (Å²) < 4.78 is 12.5. The SMILES string of the molecule is CCn1cc(C#N)c(=O)n(CC(=O)NCc2ccc3c(c2)OCO3)c1=O. The first-order valence-electron chi connectivity index (χ1n) is 7.93. The zero-order chi connectivity index (χ0) is 18.7. The molecular weight excluding hydrogens is 340 g/mol. The summed E-state index contributed by atoms with van der Waals surface area (Å²) >= 11 is 0. The van der Waals surface area contributed by atoms with Crippen molar-refractivity contribution in [1.29, 1.82) is 5.26 Å². The number of rotatable bonds is 5. The maximum absolute atomic E-state index is 12.2. The maximum atomic E-state index is 12.2. The summed E-state index contributed by atoms with van der Waals surface area (Å²) in [6.07, 6.45) is 1.20. The third-order valence-electron chi connectivity index (χ3n) is 3.93. The van der Waals surface area contributed by atoms with Crippen molar-refractivity contribution in [3.63, 3.8) is 0 Å². The first-order chi connectivity index (χ1) is 12.5. The van der Waals surface area contributed by atoms with Crippen molar-refractivity contribution in [2.24, 2.45) is 0 Å². The van der Waals surface area contributed by atoms with Crippen molar-refractivity contribution < 1.29 is 14.3 Å². The minimum atomic E-state index is -0.777. The Morgan fingerprint density at radius 1 is 1.31 bits per heavy atom. The Bertz CT molecular complexity index is 1020. The standard InChI is InChI=1S/C17H16N4O5/c1-2-20-8-12(6-18)16(23)21(17(20)24)9-15(22)19-7-11-3-4-13-14(5-11)26-10-25-13/h3-5,8H,2,7,9-10H2,1H3,(H,19,22). The zero-order valence-electron chi connectivity index (χ0n) is 14.0. The van der Waals surface area contributed by atoms with Crippen LogP contribution in [0.5, 0.6) is 11.5 Å². The van der Waals surface area contributed by atoms with Gasteiger partial charge < -0.3 is 14.8 Å². The van der Waals surface area contributed by atoms with Crippen LogP contribution in [0.25, 0.3) is 0 Å². The summed E-state index contributed by atoms with van der Waals surface area (Å²) in [4.78, 5) is 36.5. The van der Waals surface area contributed by atoms with E-state index in [9.17, 15) is 14.4 Å². The number of aromatic nitrogens is 2. The van der Waals surface area contributed by atoms with Crippen LogP contribution in [-0.4, -0.2) is 21.8 Å². The van der Waals surface area contributed by atoms with Crippen molar-refractivity contribution in [2.45, 2.75) is 26.6 Å². The highest BCUT2D eigenvalue weighted by Gasteiger charge is 2.15. The highest BCUT2D eigenvalue weighted by molar-refractivity contribution is 5.75. The van der Waals surface area contributed by atoms with E-state index in [0.717, 1.165) is 10.1 Å². The van der Waals surface area contributed by atoms with E-state index in [1.54, 1.807) is 31.2 Å². The second-order valence-corrected chi connectivity index (χ2v) is 5.58. The number of amides is 1. The average Bonchev–Trinajstić information content (AvgIpc) is 3.11. The molecule has 0 saturated heterocycles. The van der Waals surface area contributed by atoms with Crippen molar-refractivity contribution in [3.8, 4) is 17.6 Å². The molecule has 3 rings (SSSR count). The highest BCUT2D eigenvalue weighted by atomic mass is 16.7. The third kappa shape index (κ3) is 3.30. The number of ether oxygens (including phenoxy) is 2. The van der Waals surface area contributed by atoms with Crippen LogP contribution >= 0.6 is 0 Å². The number of nitriles is 1. The lowest BCUT2D eigenvalue weighted by Gasteiger charge is -2.10. The van der Waals surface area contributed by atoms with Gasteiger partial charge in [-0.3, -0.25) is 14.2 Å². The number of carbonyl (C=O) groups excluding carboxylic acids is 1. The Balaban J connectivity index is 1.73. The number of nitrogens with zero attached hydrogens (tertiary/aromatic N) is 3. The van der Waals surface area contributed by atoms with Crippen molar-refractivity contribution in [1.82, 2.24) is 14.5 Å². The number of benzene rings is 1. The van der Waals surface area contributed by atoms with Gasteiger partial charge in [0.25, 0.3) is 5.56 Å². The van der Waals surface area contributed by atoms with Crippen LogP contribution in [-0.2, 0) is 24.4 Å². The zero-order valence-corrected chi connectivity index (χ0v) is 14.0. The molecule has 1 N–H and O–H groups in total.